The van der Waals surface area contributed by atoms with Crippen LogP contribution in [0.15, 0.2) is 42.5 Å². The maximum Gasteiger partial charge on any atom is 0.416 e. The summed E-state index contributed by atoms with van der Waals surface area (Å²) in [6.45, 7) is 2.03. The number of benzene rings is 2. The van der Waals surface area contributed by atoms with Crippen molar-refractivity contribution in [2.24, 2.45) is 0 Å². The lowest BCUT2D eigenvalue weighted by atomic mass is 9.64. The summed E-state index contributed by atoms with van der Waals surface area (Å²) in [6, 6.07) is 9.52. The molecule has 0 amide bonds. The average Bonchev–Trinajstić information content (AvgIpc) is 2.74. The smallest absolute Gasteiger partial charge is 0.372 e. The van der Waals surface area contributed by atoms with E-state index in [1.807, 2.05) is 12.1 Å². The van der Waals surface area contributed by atoms with E-state index in [1.165, 1.54) is 5.56 Å². The molecule has 186 valence electrons. The van der Waals surface area contributed by atoms with Crippen molar-refractivity contribution >= 4 is 11.6 Å². The summed E-state index contributed by atoms with van der Waals surface area (Å²) < 4.78 is 84.5. The Morgan fingerprint density at radius 1 is 0.912 bits per heavy atom. The molecule has 1 heterocycles. The van der Waals surface area contributed by atoms with Crippen molar-refractivity contribution in [2.75, 3.05) is 19.6 Å². The largest absolute Gasteiger partial charge is 0.416 e. The molecule has 2 nitrogen and oxygen atoms in total. The number of nitrogens with zero attached hydrogens (tertiary/aromatic N) is 1. The molecule has 1 atom stereocenters. The number of ether oxygens (including phenoxy) is 1. The summed E-state index contributed by atoms with van der Waals surface area (Å²) in [5.41, 5.74) is -1.47. The molecule has 1 unspecified atom stereocenters. The highest BCUT2D eigenvalue weighted by atomic mass is 35.5. The van der Waals surface area contributed by atoms with Crippen LogP contribution in [0.1, 0.15) is 54.4 Å². The molecule has 2 aliphatic rings. The number of rotatable bonds is 6. The predicted molar refractivity (Wildman–Crippen MR) is 118 cm³/mol. The first-order valence-corrected chi connectivity index (χ1v) is 11.7. The SMILES string of the molecule is FC(F)(F)c1cc(COC2CCCN(CC3(c4ccc(Cl)cc4)CCC3)C2)cc(C(F)(F)F)c1. The fourth-order valence-electron chi connectivity index (χ4n) is 4.98. The van der Waals surface area contributed by atoms with E-state index in [0.717, 1.165) is 57.3 Å². The molecule has 1 saturated carbocycles. The number of alkyl halides is 6. The molecule has 2 aromatic carbocycles. The molecule has 0 radical (unpaired) electrons. The van der Waals surface area contributed by atoms with Crippen molar-refractivity contribution in [1.82, 2.24) is 4.90 Å². The molecule has 9 heteroatoms. The highest BCUT2D eigenvalue weighted by molar-refractivity contribution is 6.30. The number of piperidine rings is 1. The van der Waals surface area contributed by atoms with Crippen LogP contribution >= 0.6 is 11.6 Å². The van der Waals surface area contributed by atoms with Gasteiger partial charge in [0, 0.05) is 23.5 Å². The summed E-state index contributed by atoms with van der Waals surface area (Å²) in [5.74, 6) is 0. The molecular weight excluding hydrogens is 480 g/mol. The maximum atomic E-state index is 13.1. The third kappa shape index (κ3) is 5.89. The van der Waals surface area contributed by atoms with Crippen LogP contribution in [0.2, 0.25) is 5.02 Å². The first-order chi connectivity index (χ1) is 15.9. The first kappa shape index (κ1) is 25.3. The van der Waals surface area contributed by atoms with Crippen molar-refractivity contribution in [3.63, 3.8) is 0 Å². The molecule has 2 fully saturated rings. The molecule has 1 aliphatic carbocycles. The fraction of sp³-hybridized carbons (Fsp3) is 0.520. The predicted octanol–water partition coefficient (Wildman–Crippen LogP) is 7.48. The second-order valence-electron chi connectivity index (χ2n) is 9.37. The van der Waals surface area contributed by atoms with E-state index in [9.17, 15) is 26.3 Å². The molecule has 0 N–H and O–H groups in total. The molecule has 34 heavy (non-hydrogen) atoms. The lowest BCUT2D eigenvalue weighted by Crippen LogP contribution is -2.50. The van der Waals surface area contributed by atoms with E-state index in [2.05, 4.69) is 17.0 Å². The topological polar surface area (TPSA) is 12.5 Å². The molecule has 0 aromatic heterocycles. The Labute approximate surface area is 199 Å². The van der Waals surface area contributed by atoms with E-state index in [4.69, 9.17) is 16.3 Å². The van der Waals surface area contributed by atoms with Gasteiger partial charge < -0.3 is 4.74 Å². The van der Waals surface area contributed by atoms with E-state index < -0.39 is 23.5 Å². The zero-order valence-corrected chi connectivity index (χ0v) is 19.2. The van der Waals surface area contributed by atoms with E-state index in [-0.39, 0.29) is 29.8 Å². The van der Waals surface area contributed by atoms with Crippen LogP contribution < -0.4 is 0 Å². The minimum atomic E-state index is -4.86. The summed E-state index contributed by atoms with van der Waals surface area (Å²) in [4.78, 5) is 2.30. The van der Waals surface area contributed by atoms with Crippen LogP contribution in [0, 0.1) is 0 Å². The monoisotopic (exact) mass is 505 g/mol. The fourth-order valence-corrected chi connectivity index (χ4v) is 5.11. The van der Waals surface area contributed by atoms with Gasteiger partial charge in [-0.05, 0) is 73.7 Å². The minimum absolute atomic E-state index is 0.0507. The Morgan fingerprint density at radius 3 is 2.06 bits per heavy atom. The second kappa shape index (κ2) is 9.70. The average molecular weight is 506 g/mol. The normalized spacial score (nSPS) is 21.3. The minimum Gasteiger partial charge on any atom is -0.372 e. The van der Waals surface area contributed by atoms with Gasteiger partial charge in [0.05, 0.1) is 23.8 Å². The van der Waals surface area contributed by atoms with Gasteiger partial charge in [-0.15, -0.1) is 0 Å². The highest BCUT2D eigenvalue weighted by Gasteiger charge is 2.41. The van der Waals surface area contributed by atoms with Crippen molar-refractivity contribution in [3.05, 3.63) is 69.7 Å². The van der Waals surface area contributed by atoms with Crippen LogP contribution in [0.4, 0.5) is 26.3 Å². The summed E-state index contributed by atoms with van der Waals surface area (Å²) in [7, 11) is 0. The lowest BCUT2D eigenvalue weighted by Gasteiger charge is -2.47. The quantitative estimate of drug-likeness (QED) is 0.377. The van der Waals surface area contributed by atoms with Crippen molar-refractivity contribution < 1.29 is 31.1 Å². The number of hydrogen-bond acceptors (Lipinski definition) is 2. The van der Waals surface area contributed by atoms with Gasteiger partial charge in [-0.2, -0.15) is 26.3 Å². The number of likely N-dealkylation sites (tertiary alicyclic amines) is 1. The standard InChI is InChI=1S/C25H26ClF6NO/c26-21-6-4-18(5-7-21)23(8-2-9-23)16-33-10-1-3-22(14-33)34-15-17-11-19(24(27,28)29)13-20(12-17)25(30,31)32/h4-7,11-13,22H,1-3,8-10,14-16H2. The van der Waals surface area contributed by atoms with Gasteiger partial charge >= 0.3 is 12.4 Å². The molecule has 0 bridgehead atoms. The maximum absolute atomic E-state index is 13.1. The zero-order valence-electron chi connectivity index (χ0n) is 18.5. The van der Waals surface area contributed by atoms with Gasteiger partial charge in [0.1, 0.15) is 0 Å². The van der Waals surface area contributed by atoms with Crippen LogP contribution in [0.5, 0.6) is 0 Å². The Morgan fingerprint density at radius 2 is 1.53 bits per heavy atom. The van der Waals surface area contributed by atoms with E-state index >= 15 is 0 Å². The van der Waals surface area contributed by atoms with Crippen LogP contribution in [0.25, 0.3) is 0 Å². The summed E-state index contributed by atoms with van der Waals surface area (Å²) >= 11 is 6.04. The van der Waals surface area contributed by atoms with Gasteiger partial charge in [0.25, 0.3) is 0 Å². The first-order valence-electron chi connectivity index (χ1n) is 11.3. The number of hydrogen-bond donors (Lipinski definition) is 0. The molecule has 1 aliphatic heterocycles. The third-order valence-electron chi connectivity index (χ3n) is 6.89. The number of halogens is 7. The molecule has 1 saturated heterocycles. The Hall–Kier alpha value is -1.77. The van der Waals surface area contributed by atoms with E-state index in [1.54, 1.807) is 0 Å². The zero-order chi connectivity index (χ0) is 24.6. The third-order valence-corrected chi connectivity index (χ3v) is 7.14. The molecule has 2 aromatic rings. The van der Waals surface area contributed by atoms with Crippen LogP contribution in [-0.4, -0.2) is 30.6 Å². The Balaban J connectivity index is 1.41. The van der Waals surface area contributed by atoms with Gasteiger partial charge in [-0.25, -0.2) is 0 Å². The van der Waals surface area contributed by atoms with Gasteiger partial charge in [0.15, 0.2) is 0 Å². The summed E-state index contributed by atoms with van der Waals surface area (Å²) in [5, 5.41) is 0.688. The Bertz CT molecular complexity index is 952. The van der Waals surface area contributed by atoms with E-state index in [0.29, 0.717) is 11.6 Å². The van der Waals surface area contributed by atoms with Crippen LogP contribution in [-0.2, 0) is 29.1 Å². The highest BCUT2D eigenvalue weighted by Crippen LogP contribution is 2.45. The van der Waals surface area contributed by atoms with Gasteiger partial charge in [0.2, 0.25) is 0 Å². The summed E-state index contributed by atoms with van der Waals surface area (Å²) in [6.07, 6.45) is -5.12. The lowest BCUT2D eigenvalue weighted by molar-refractivity contribution is -0.143. The molecule has 0 spiro atoms. The van der Waals surface area contributed by atoms with Crippen LogP contribution in [0.3, 0.4) is 0 Å². The van der Waals surface area contributed by atoms with Crippen molar-refractivity contribution in [2.45, 2.75) is 62.6 Å². The van der Waals surface area contributed by atoms with Crippen molar-refractivity contribution in [1.29, 1.82) is 0 Å². The van der Waals surface area contributed by atoms with Gasteiger partial charge in [-0.1, -0.05) is 30.2 Å². The molecular formula is C25H26ClF6NO. The van der Waals surface area contributed by atoms with Crippen molar-refractivity contribution in [3.8, 4) is 0 Å². The van der Waals surface area contributed by atoms with Gasteiger partial charge in [-0.3, -0.25) is 4.90 Å². The second-order valence-corrected chi connectivity index (χ2v) is 9.80. The Kier molecular flexibility index (Phi) is 7.23. The molecule has 4 rings (SSSR count).